The summed E-state index contributed by atoms with van der Waals surface area (Å²) in [5, 5.41) is 9.64. The molecule has 0 bridgehead atoms. The van der Waals surface area contributed by atoms with Crippen LogP contribution in [0, 0.1) is 6.92 Å². The van der Waals surface area contributed by atoms with Crippen LogP contribution in [0.5, 0.6) is 5.88 Å². The van der Waals surface area contributed by atoms with Crippen LogP contribution in [0.3, 0.4) is 0 Å². The number of fused-ring (bicyclic) bond motifs is 1. The van der Waals surface area contributed by atoms with Gasteiger partial charge in [-0.15, -0.1) is 0 Å². The second-order valence-corrected chi connectivity index (χ2v) is 4.26. The number of pyridine rings is 1. The lowest BCUT2D eigenvalue weighted by Gasteiger charge is -2.09. The SMILES string of the molecule is Cc1ccc(-n2c(=O)c(O)nc3cccnc32)cc1. The molecular formula is C14H11N3O2. The third-order valence-corrected chi connectivity index (χ3v) is 2.89. The van der Waals surface area contributed by atoms with Crippen molar-refractivity contribution in [2.24, 2.45) is 0 Å². The van der Waals surface area contributed by atoms with Crippen LogP contribution in [-0.2, 0) is 0 Å². The highest BCUT2D eigenvalue weighted by Crippen LogP contribution is 2.15. The molecule has 1 N–H and O–H groups in total. The maximum atomic E-state index is 12.1. The van der Waals surface area contributed by atoms with E-state index in [1.807, 2.05) is 31.2 Å². The van der Waals surface area contributed by atoms with Crippen molar-refractivity contribution in [2.75, 3.05) is 0 Å². The second kappa shape index (κ2) is 4.20. The molecule has 2 aromatic heterocycles. The summed E-state index contributed by atoms with van der Waals surface area (Å²) in [6.45, 7) is 1.97. The average Bonchev–Trinajstić information content (AvgIpc) is 2.42. The molecule has 0 fully saturated rings. The van der Waals surface area contributed by atoms with E-state index >= 15 is 0 Å². The molecule has 5 nitrogen and oxygen atoms in total. The molecule has 0 atom stereocenters. The van der Waals surface area contributed by atoms with Crippen LogP contribution >= 0.6 is 0 Å². The number of rotatable bonds is 1. The molecule has 1 aromatic carbocycles. The van der Waals surface area contributed by atoms with E-state index in [2.05, 4.69) is 9.97 Å². The Hall–Kier alpha value is -2.69. The molecule has 0 aliphatic rings. The first kappa shape index (κ1) is 11.4. The summed E-state index contributed by atoms with van der Waals surface area (Å²) in [5.41, 5.74) is 2.06. The third kappa shape index (κ3) is 1.85. The lowest BCUT2D eigenvalue weighted by Crippen LogP contribution is -2.20. The normalized spacial score (nSPS) is 10.8. The number of hydrogen-bond acceptors (Lipinski definition) is 4. The van der Waals surface area contributed by atoms with Crippen molar-refractivity contribution in [3.8, 4) is 11.6 Å². The Morgan fingerprint density at radius 2 is 1.89 bits per heavy atom. The summed E-state index contributed by atoms with van der Waals surface area (Å²) in [4.78, 5) is 20.1. The highest BCUT2D eigenvalue weighted by molar-refractivity contribution is 5.72. The topological polar surface area (TPSA) is 68.0 Å². The molecule has 0 aliphatic heterocycles. The average molecular weight is 253 g/mol. The number of aromatic nitrogens is 3. The van der Waals surface area contributed by atoms with E-state index in [1.54, 1.807) is 18.3 Å². The van der Waals surface area contributed by atoms with Crippen LogP contribution in [0.15, 0.2) is 47.4 Å². The largest absolute Gasteiger partial charge is 0.489 e. The number of benzene rings is 1. The molecule has 0 spiro atoms. The Kier molecular flexibility index (Phi) is 2.52. The van der Waals surface area contributed by atoms with E-state index in [-0.39, 0.29) is 0 Å². The fraction of sp³-hybridized carbons (Fsp3) is 0.0714. The van der Waals surface area contributed by atoms with Gasteiger partial charge in [-0.3, -0.25) is 9.36 Å². The monoisotopic (exact) mass is 253 g/mol. The number of hydrogen-bond donors (Lipinski definition) is 1. The summed E-state index contributed by atoms with van der Waals surface area (Å²) in [6.07, 6.45) is 1.59. The Morgan fingerprint density at radius 3 is 2.63 bits per heavy atom. The molecule has 0 radical (unpaired) electrons. The summed E-state index contributed by atoms with van der Waals surface area (Å²) in [5.74, 6) is -0.527. The first-order valence-corrected chi connectivity index (χ1v) is 5.80. The van der Waals surface area contributed by atoms with Gasteiger partial charge >= 0.3 is 5.56 Å². The number of nitrogens with zero attached hydrogens (tertiary/aromatic N) is 3. The van der Waals surface area contributed by atoms with Crippen molar-refractivity contribution in [2.45, 2.75) is 6.92 Å². The summed E-state index contributed by atoms with van der Waals surface area (Å²) in [6, 6.07) is 10.8. The van der Waals surface area contributed by atoms with Crippen LogP contribution in [0.1, 0.15) is 5.56 Å². The molecule has 19 heavy (non-hydrogen) atoms. The summed E-state index contributed by atoms with van der Waals surface area (Å²) >= 11 is 0. The smallest absolute Gasteiger partial charge is 0.319 e. The standard InChI is InChI=1S/C14H11N3O2/c1-9-4-6-10(7-5-9)17-12-11(3-2-8-15-12)16-13(18)14(17)19/h2-8H,1H3,(H,16,18). The zero-order valence-corrected chi connectivity index (χ0v) is 10.2. The molecule has 0 amide bonds. The van der Waals surface area contributed by atoms with Gasteiger partial charge in [-0.2, -0.15) is 0 Å². The molecule has 94 valence electrons. The molecule has 3 rings (SSSR count). The van der Waals surface area contributed by atoms with Crippen molar-refractivity contribution in [1.29, 1.82) is 0 Å². The van der Waals surface area contributed by atoms with Gasteiger partial charge < -0.3 is 5.11 Å². The van der Waals surface area contributed by atoms with Crippen LogP contribution in [-0.4, -0.2) is 19.6 Å². The van der Waals surface area contributed by atoms with Gasteiger partial charge in [0.25, 0.3) is 5.88 Å². The van der Waals surface area contributed by atoms with Gasteiger partial charge in [0.05, 0.1) is 5.69 Å². The van der Waals surface area contributed by atoms with Gasteiger partial charge in [-0.05, 0) is 31.2 Å². The van der Waals surface area contributed by atoms with Gasteiger partial charge in [0.2, 0.25) is 0 Å². The zero-order valence-electron chi connectivity index (χ0n) is 10.2. The Balaban J connectivity index is 2.42. The molecular weight excluding hydrogens is 242 g/mol. The second-order valence-electron chi connectivity index (χ2n) is 4.26. The maximum Gasteiger partial charge on any atom is 0.319 e. The first-order valence-electron chi connectivity index (χ1n) is 5.80. The van der Waals surface area contributed by atoms with Crippen LogP contribution in [0.2, 0.25) is 0 Å². The van der Waals surface area contributed by atoms with E-state index in [0.717, 1.165) is 5.56 Å². The van der Waals surface area contributed by atoms with Crippen LogP contribution < -0.4 is 5.56 Å². The number of aryl methyl sites for hydroxylation is 1. The quantitative estimate of drug-likeness (QED) is 0.718. The lowest BCUT2D eigenvalue weighted by atomic mass is 10.2. The maximum absolute atomic E-state index is 12.1. The molecule has 0 saturated carbocycles. The summed E-state index contributed by atoms with van der Waals surface area (Å²) in [7, 11) is 0. The first-order chi connectivity index (χ1) is 9.16. The Labute approximate surface area is 108 Å². The van der Waals surface area contributed by atoms with E-state index < -0.39 is 11.4 Å². The predicted molar refractivity (Wildman–Crippen MR) is 71.5 cm³/mol. The zero-order chi connectivity index (χ0) is 13.4. The fourth-order valence-electron chi connectivity index (χ4n) is 1.94. The minimum Gasteiger partial charge on any atom is -0.489 e. The molecule has 0 unspecified atom stereocenters. The van der Waals surface area contributed by atoms with Crippen LogP contribution in [0.25, 0.3) is 16.9 Å². The highest BCUT2D eigenvalue weighted by Gasteiger charge is 2.12. The van der Waals surface area contributed by atoms with E-state index in [1.165, 1.54) is 4.57 Å². The van der Waals surface area contributed by atoms with Crippen molar-refractivity contribution < 1.29 is 5.11 Å². The summed E-state index contributed by atoms with van der Waals surface area (Å²) < 4.78 is 1.36. The third-order valence-electron chi connectivity index (χ3n) is 2.89. The van der Waals surface area contributed by atoms with Gasteiger partial charge in [-0.1, -0.05) is 17.7 Å². The van der Waals surface area contributed by atoms with Crippen molar-refractivity contribution in [1.82, 2.24) is 14.5 Å². The van der Waals surface area contributed by atoms with Crippen LogP contribution in [0.4, 0.5) is 0 Å². The van der Waals surface area contributed by atoms with Crippen molar-refractivity contribution in [3.05, 3.63) is 58.5 Å². The van der Waals surface area contributed by atoms with E-state index in [9.17, 15) is 9.90 Å². The van der Waals surface area contributed by atoms with Gasteiger partial charge in [-0.25, -0.2) is 9.97 Å². The molecule has 0 aliphatic carbocycles. The van der Waals surface area contributed by atoms with Gasteiger partial charge in [0, 0.05) is 6.20 Å². The minimum atomic E-state index is -0.574. The number of aromatic hydroxyl groups is 1. The van der Waals surface area contributed by atoms with Crippen molar-refractivity contribution >= 4 is 11.2 Å². The molecule has 5 heteroatoms. The molecule has 2 heterocycles. The fourth-order valence-corrected chi connectivity index (χ4v) is 1.94. The lowest BCUT2D eigenvalue weighted by molar-refractivity contribution is 0.444. The predicted octanol–water partition coefficient (Wildman–Crippen LogP) is 1.79. The molecule has 3 aromatic rings. The Morgan fingerprint density at radius 1 is 1.16 bits per heavy atom. The minimum absolute atomic E-state index is 0.425. The van der Waals surface area contributed by atoms with Gasteiger partial charge in [0.1, 0.15) is 5.52 Å². The van der Waals surface area contributed by atoms with Gasteiger partial charge in [0.15, 0.2) is 5.65 Å². The Bertz CT molecular complexity index is 807. The highest BCUT2D eigenvalue weighted by atomic mass is 16.3. The van der Waals surface area contributed by atoms with Crippen molar-refractivity contribution in [3.63, 3.8) is 0 Å². The van der Waals surface area contributed by atoms with E-state index in [4.69, 9.17) is 0 Å². The van der Waals surface area contributed by atoms with E-state index in [0.29, 0.717) is 16.9 Å². The molecule has 0 saturated heterocycles.